The van der Waals surface area contributed by atoms with Gasteiger partial charge in [-0.05, 0) is 81.6 Å². The molecule has 51 heavy (non-hydrogen) atoms. The zero-order chi connectivity index (χ0) is 33.7. The fourth-order valence-corrected chi connectivity index (χ4v) is 7.61. The molecule has 4 nitrogen and oxygen atoms in total. The molecule has 0 fully saturated rings. The van der Waals surface area contributed by atoms with Crippen molar-refractivity contribution >= 4 is 21.9 Å². The molecule has 0 spiro atoms. The van der Waals surface area contributed by atoms with Gasteiger partial charge in [0.1, 0.15) is 11.2 Å². The van der Waals surface area contributed by atoms with Crippen LogP contribution in [0.5, 0.6) is 0 Å². The monoisotopic (exact) mass is 653 g/mol. The summed E-state index contributed by atoms with van der Waals surface area (Å²) in [5, 5.41) is 2.17. The van der Waals surface area contributed by atoms with E-state index in [1.54, 1.807) is 0 Å². The van der Waals surface area contributed by atoms with Crippen molar-refractivity contribution in [2.45, 2.75) is 12.8 Å². The Balaban J connectivity index is 1.15. The summed E-state index contributed by atoms with van der Waals surface area (Å²) in [5.74, 6) is 1.85. The number of furan rings is 1. The Bertz CT molecular complexity index is 2750. The highest BCUT2D eigenvalue weighted by Crippen LogP contribution is 2.43. The van der Waals surface area contributed by atoms with Gasteiger partial charge in [0.25, 0.3) is 0 Å². The highest BCUT2D eigenvalue weighted by atomic mass is 16.3. The third-order valence-electron chi connectivity index (χ3n) is 10.1. The Kier molecular flexibility index (Phi) is 6.91. The van der Waals surface area contributed by atoms with E-state index >= 15 is 0 Å². The van der Waals surface area contributed by atoms with Gasteiger partial charge in [-0.25, -0.2) is 15.0 Å². The van der Waals surface area contributed by atoms with Crippen LogP contribution in [0.3, 0.4) is 0 Å². The molecule has 9 aromatic rings. The van der Waals surface area contributed by atoms with E-state index < -0.39 is 0 Å². The number of para-hydroxylation sites is 1. The standard InChI is InChI=1S/C47H31N3O/c1-3-12-30(13-4-1)42-28-33(23-26-39(42)37-20-11-19-36-35-17-8-7-14-31(35)22-25-38(36)37)46-48-45(32-15-5-2-6-16-32)49-47(50-46)34-24-27-41-40-18-9-10-21-43(40)51-44(41)29-34/h1-21,23-24,26-29H,22,25H2. The molecule has 4 heteroatoms. The number of aryl methyl sites for hydroxylation is 1. The summed E-state index contributed by atoms with van der Waals surface area (Å²) in [4.78, 5) is 15.2. The van der Waals surface area contributed by atoms with Crippen LogP contribution in [-0.4, -0.2) is 15.0 Å². The maximum atomic E-state index is 6.25. The Morgan fingerprint density at radius 1 is 0.353 bits per heavy atom. The molecule has 0 atom stereocenters. The Labute approximate surface area is 295 Å². The van der Waals surface area contributed by atoms with Crippen LogP contribution in [-0.2, 0) is 12.8 Å². The van der Waals surface area contributed by atoms with Crippen molar-refractivity contribution in [1.29, 1.82) is 0 Å². The molecule has 0 N–H and O–H groups in total. The Hall–Kier alpha value is -6.65. The lowest BCUT2D eigenvalue weighted by Gasteiger charge is -2.24. The first-order valence-corrected chi connectivity index (χ1v) is 17.4. The molecule has 0 radical (unpaired) electrons. The SMILES string of the molecule is c1ccc(-c2nc(-c3ccc(-c4cccc5c4CCc4ccccc4-5)c(-c4ccccc4)c3)nc(-c3ccc4c(c3)oc3ccccc34)n2)cc1. The predicted molar refractivity (Wildman–Crippen MR) is 207 cm³/mol. The molecule has 0 saturated carbocycles. The molecule has 0 saturated heterocycles. The molecule has 2 aromatic heterocycles. The Morgan fingerprint density at radius 3 is 1.75 bits per heavy atom. The van der Waals surface area contributed by atoms with Gasteiger partial charge in [0.2, 0.25) is 0 Å². The third-order valence-corrected chi connectivity index (χ3v) is 10.1. The second-order valence-electron chi connectivity index (χ2n) is 13.1. The average Bonchev–Trinajstić information content (AvgIpc) is 3.59. The number of aromatic nitrogens is 3. The number of benzene rings is 7. The van der Waals surface area contributed by atoms with E-state index in [2.05, 4.69) is 109 Å². The summed E-state index contributed by atoms with van der Waals surface area (Å²) in [6, 6.07) is 57.3. The Morgan fingerprint density at radius 2 is 0.941 bits per heavy atom. The second-order valence-corrected chi connectivity index (χ2v) is 13.1. The smallest absolute Gasteiger partial charge is 0.164 e. The van der Waals surface area contributed by atoms with Gasteiger partial charge < -0.3 is 4.42 Å². The molecule has 0 aliphatic heterocycles. The van der Waals surface area contributed by atoms with Crippen molar-refractivity contribution in [3.05, 3.63) is 175 Å². The lowest BCUT2D eigenvalue weighted by Crippen LogP contribution is -2.06. The minimum Gasteiger partial charge on any atom is -0.456 e. The number of hydrogen-bond acceptors (Lipinski definition) is 4. The normalized spacial score (nSPS) is 12.2. The van der Waals surface area contributed by atoms with Crippen molar-refractivity contribution in [3.63, 3.8) is 0 Å². The summed E-state index contributed by atoms with van der Waals surface area (Å²) >= 11 is 0. The van der Waals surface area contributed by atoms with Gasteiger partial charge in [0.05, 0.1) is 0 Å². The zero-order valence-electron chi connectivity index (χ0n) is 27.8. The molecule has 240 valence electrons. The lowest BCUT2D eigenvalue weighted by molar-refractivity contribution is 0.669. The first-order valence-electron chi connectivity index (χ1n) is 17.4. The van der Waals surface area contributed by atoms with Crippen LogP contribution in [0.25, 0.3) is 89.5 Å². The van der Waals surface area contributed by atoms with E-state index in [0.717, 1.165) is 62.6 Å². The lowest BCUT2D eigenvalue weighted by atomic mass is 9.80. The van der Waals surface area contributed by atoms with E-state index in [1.165, 1.54) is 33.4 Å². The van der Waals surface area contributed by atoms with E-state index in [4.69, 9.17) is 19.4 Å². The van der Waals surface area contributed by atoms with Gasteiger partial charge in [0.15, 0.2) is 17.5 Å². The van der Waals surface area contributed by atoms with Gasteiger partial charge in [-0.15, -0.1) is 0 Å². The molecular weight excluding hydrogens is 623 g/mol. The van der Waals surface area contributed by atoms with E-state index in [-0.39, 0.29) is 0 Å². The van der Waals surface area contributed by atoms with E-state index in [1.807, 2.05) is 54.6 Å². The highest BCUT2D eigenvalue weighted by Gasteiger charge is 2.22. The molecule has 2 heterocycles. The zero-order valence-corrected chi connectivity index (χ0v) is 27.8. The van der Waals surface area contributed by atoms with Crippen molar-refractivity contribution in [1.82, 2.24) is 15.0 Å². The van der Waals surface area contributed by atoms with Crippen LogP contribution in [0, 0.1) is 0 Å². The quantitative estimate of drug-likeness (QED) is 0.185. The first kappa shape index (κ1) is 29.3. The van der Waals surface area contributed by atoms with Gasteiger partial charge in [-0.2, -0.15) is 0 Å². The molecule has 0 amide bonds. The maximum absolute atomic E-state index is 6.25. The minimum absolute atomic E-state index is 0.599. The van der Waals surface area contributed by atoms with Crippen LogP contribution in [0.15, 0.2) is 168 Å². The van der Waals surface area contributed by atoms with Gasteiger partial charge in [0, 0.05) is 27.5 Å². The minimum atomic E-state index is 0.599. The van der Waals surface area contributed by atoms with Crippen molar-refractivity contribution in [2.75, 3.05) is 0 Å². The van der Waals surface area contributed by atoms with E-state index in [0.29, 0.717) is 17.5 Å². The second kappa shape index (κ2) is 12.0. The fraction of sp³-hybridized carbons (Fsp3) is 0.0426. The number of nitrogens with zero attached hydrogens (tertiary/aromatic N) is 3. The summed E-state index contributed by atoms with van der Waals surface area (Å²) in [5.41, 5.74) is 14.7. The van der Waals surface area contributed by atoms with Crippen LogP contribution in [0.2, 0.25) is 0 Å². The summed E-state index contributed by atoms with van der Waals surface area (Å²) in [6.07, 6.45) is 2.04. The average molecular weight is 654 g/mol. The number of rotatable bonds is 5. The fourth-order valence-electron chi connectivity index (χ4n) is 7.61. The predicted octanol–water partition coefficient (Wildman–Crippen LogP) is 11.9. The first-order chi connectivity index (χ1) is 25.3. The molecule has 0 unspecified atom stereocenters. The van der Waals surface area contributed by atoms with Crippen molar-refractivity contribution < 1.29 is 4.42 Å². The molecule has 1 aliphatic rings. The van der Waals surface area contributed by atoms with Crippen LogP contribution >= 0.6 is 0 Å². The highest BCUT2D eigenvalue weighted by molar-refractivity contribution is 6.05. The van der Waals surface area contributed by atoms with E-state index in [9.17, 15) is 0 Å². The van der Waals surface area contributed by atoms with Gasteiger partial charge in [-0.1, -0.05) is 140 Å². The largest absolute Gasteiger partial charge is 0.456 e. The molecule has 1 aliphatic carbocycles. The summed E-state index contributed by atoms with van der Waals surface area (Å²) in [7, 11) is 0. The topological polar surface area (TPSA) is 51.8 Å². The molecule has 7 aromatic carbocycles. The van der Waals surface area contributed by atoms with Crippen LogP contribution in [0.1, 0.15) is 11.1 Å². The van der Waals surface area contributed by atoms with Gasteiger partial charge in [-0.3, -0.25) is 0 Å². The number of fused-ring (bicyclic) bond motifs is 6. The van der Waals surface area contributed by atoms with Crippen LogP contribution in [0.4, 0.5) is 0 Å². The van der Waals surface area contributed by atoms with Crippen molar-refractivity contribution in [3.8, 4) is 67.5 Å². The third kappa shape index (κ3) is 5.12. The molecular formula is C47H31N3O. The summed E-state index contributed by atoms with van der Waals surface area (Å²) in [6.45, 7) is 0. The molecule has 0 bridgehead atoms. The number of hydrogen-bond donors (Lipinski definition) is 0. The van der Waals surface area contributed by atoms with Gasteiger partial charge >= 0.3 is 0 Å². The van der Waals surface area contributed by atoms with Crippen LogP contribution < -0.4 is 0 Å². The maximum Gasteiger partial charge on any atom is 0.164 e. The van der Waals surface area contributed by atoms with Crippen molar-refractivity contribution in [2.24, 2.45) is 0 Å². The molecule has 10 rings (SSSR count). The summed E-state index contributed by atoms with van der Waals surface area (Å²) < 4.78 is 6.25.